The van der Waals surface area contributed by atoms with Crippen LogP contribution < -0.4 is 5.32 Å². The summed E-state index contributed by atoms with van der Waals surface area (Å²) < 4.78 is 0.822. The van der Waals surface area contributed by atoms with Crippen molar-refractivity contribution in [2.24, 2.45) is 0 Å². The van der Waals surface area contributed by atoms with E-state index in [1.165, 1.54) is 34.2 Å². The summed E-state index contributed by atoms with van der Waals surface area (Å²) in [6, 6.07) is 6.26. The minimum Gasteiger partial charge on any atom is -0.342 e. The zero-order chi connectivity index (χ0) is 17.1. The van der Waals surface area contributed by atoms with E-state index in [1.54, 1.807) is 0 Å². The third-order valence-corrected chi connectivity index (χ3v) is 6.08. The number of thioether (sulfide) groups is 1. The fourth-order valence-corrected chi connectivity index (χ4v) is 4.77. The zero-order valence-corrected chi connectivity index (χ0v) is 15.8. The van der Waals surface area contributed by atoms with Crippen LogP contribution in [0.25, 0.3) is 0 Å². The average molecular weight is 363 g/mol. The number of aryl methyl sites for hydroxylation is 2. The Morgan fingerprint density at radius 1 is 1.29 bits per heavy atom. The molecule has 2 heterocycles. The summed E-state index contributed by atoms with van der Waals surface area (Å²) in [6.07, 6.45) is 2.23. The molecule has 0 saturated carbocycles. The van der Waals surface area contributed by atoms with Gasteiger partial charge in [0.15, 0.2) is 4.34 Å². The molecule has 1 atom stereocenters. The summed E-state index contributed by atoms with van der Waals surface area (Å²) in [6.45, 7) is 7.88. The van der Waals surface area contributed by atoms with E-state index in [2.05, 4.69) is 47.6 Å². The number of benzene rings is 1. The number of hydrogen-bond acceptors (Lipinski definition) is 6. The lowest BCUT2D eigenvalue weighted by molar-refractivity contribution is -0.129. The van der Waals surface area contributed by atoms with Crippen molar-refractivity contribution in [1.82, 2.24) is 15.1 Å². The van der Waals surface area contributed by atoms with Gasteiger partial charge in [0.2, 0.25) is 11.0 Å². The Hall–Kier alpha value is -1.60. The topological polar surface area (TPSA) is 58.1 Å². The van der Waals surface area contributed by atoms with E-state index in [-0.39, 0.29) is 11.2 Å². The lowest BCUT2D eigenvalue weighted by Crippen LogP contribution is -2.33. The number of likely N-dealkylation sites (tertiary alicyclic amines) is 1. The predicted molar refractivity (Wildman–Crippen MR) is 100 cm³/mol. The first kappa shape index (κ1) is 17.2. The van der Waals surface area contributed by atoms with E-state index in [0.717, 1.165) is 41.1 Å². The lowest BCUT2D eigenvalue weighted by atomic mass is 10.1. The van der Waals surface area contributed by atoms with E-state index in [4.69, 9.17) is 0 Å². The van der Waals surface area contributed by atoms with Gasteiger partial charge in [0.25, 0.3) is 0 Å². The molecule has 5 nitrogen and oxygen atoms in total. The number of nitrogens with zero attached hydrogens (tertiary/aromatic N) is 3. The summed E-state index contributed by atoms with van der Waals surface area (Å²) in [5.41, 5.74) is 3.45. The van der Waals surface area contributed by atoms with E-state index in [1.807, 2.05) is 11.8 Å². The predicted octanol–water partition coefficient (Wildman–Crippen LogP) is 4.00. The van der Waals surface area contributed by atoms with Crippen molar-refractivity contribution in [2.75, 3.05) is 18.4 Å². The summed E-state index contributed by atoms with van der Waals surface area (Å²) in [5, 5.41) is 12.4. The molecule has 1 amide bonds. The zero-order valence-electron chi connectivity index (χ0n) is 14.2. The highest BCUT2D eigenvalue weighted by molar-refractivity contribution is 8.02. The molecular weight excluding hydrogens is 340 g/mol. The molecule has 1 fully saturated rings. The van der Waals surface area contributed by atoms with Crippen LogP contribution in [0.4, 0.5) is 10.8 Å². The Balaban J connectivity index is 1.61. The Morgan fingerprint density at radius 2 is 2.04 bits per heavy atom. The van der Waals surface area contributed by atoms with E-state index in [0.29, 0.717) is 0 Å². The van der Waals surface area contributed by atoms with Crippen molar-refractivity contribution >= 4 is 39.8 Å². The van der Waals surface area contributed by atoms with E-state index >= 15 is 0 Å². The molecule has 1 saturated heterocycles. The minimum atomic E-state index is -0.120. The number of carbonyl (C=O) groups excluding carboxylic acids is 1. The second kappa shape index (κ2) is 7.53. The molecule has 128 valence electrons. The number of rotatable bonds is 5. The maximum absolute atomic E-state index is 12.4. The van der Waals surface area contributed by atoms with Crippen molar-refractivity contribution in [3.63, 3.8) is 0 Å². The first-order valence-electron chi connectivity index (χ1n) is 8.16. The lowest BCUT2D eigenvalue weighted by Gasteiger charge is -2.18. The van der Waals surface area contributed by atoms with Gasteiger partial charge in [0, 0.05) is 18.8 Å². The monoisotopic (exact) mass is 362 g/mol. The molecule has 1 aromatic carbocycles. The fourth-order valence-electron chi connectivity index (χ4n) is 2.77. The standard InChI is InChI=1S/C17H22N4OS2/c1-11-6-7-14(12(2)10-11)18-16-19-20-17(24-16)23-13(3)15(22)21-8-4-5-9-21/h6-7,10,13H,4-5,8-9H2,1-3H3,(H,18,19). The van der Waals surface area contributed by atoms with Gasteiger partial charge in [0.1, 0.15) is 0 Å². The molecule has 1 N–H and O–H groups in total. The molecular formula is C17H22N4OS2. The van der Waals surface area contributed by atoms with Crippen LogP contribution in [0.3, 0.4) is 0 Å². The molecule has 7 heteroatoms. The van der Waals surface area contributed by atoms with Gasteiger partial charge in [-0.2, -0.15) is 0 Å². The first-order valence-corrected chi connectivity index (χ1v) is 9.86. The van der Waals surface area contributed by atoms with Crippen molar-refractivity contribution in [2.45, 2.75) is 43.2 Å². The highest BCUT2D eigenvalue weighted by Gasteiger charge is 2.25. The number of amides is 1. The quantitative estimate of drug-likeness (QED) is 0.815. The average Bonchev–Trinajstić information content (AvgIpc) is 3.21. The van der Waals surface area contributed by atoms with Crippen LogP contribution in [-0.2, 0) is 4.79 Å². The smallest absolute Gasteiger partial charge is 0.235 e. The molecule has 1 aromatic heterocycles. The number of hydrogen-bond donors (Lipinski definition) is 1. The van der Waals surface area contributed by atoms with E-state index in [9.17, 15) is 4.79 Å². The highest BCUT2D eigenvalue weighted by atomic mass is 32.2. The Bertz CT molecular complexity index is 725. The van der Waals surface area contributed by atoms with Crippen LogP contribution in [0.1, 0.15) is 30.9 Å². The van der Waals surface area contributed by atoms with E-state index < -0.39 is 0 Å². The second-order valence-corrected chi connectivity index (χ2v) is 8.67. The Kier molecular flexibility index (Phi) is 5.40. The van der Waals surface area contributed by atoms with Crippen molar-refractivity contribution in [1.29, 1.82) is 0 Å². The molecule has 2 aromatic rings. The van der Waals surface area contributed by atoms with Crippen LogP contribution in [0.2, 0.25) is 0 Å². The summed E-state index contributed by atoms with van der Waals surface area (Å²) in [5.74, 6) is 0.205. The van der Waals surface area contributed by atoms with Crippen molar-refractivity contribution < 1.29 is 4.79 Å². The normalized spacial score (nSPS) is 15.5. The molecule has 0 bridgehead atoms. The number of anilines is 2. The van der Waals surface area contributed by atoms with Gasteiger partial charge >= 0.3 is 0 Å². The number of carbonyl (C=O) groups is 1. The largest absolute Gasteiger partial charge is 0.342 e. The third-order valence-electron chi connectivity index (χ3n) is 4.07. The molecule has 3 rings (SSSR count). The summed E-state index contributed by atoms with van der Waals surface area (Å²) >= 11 is 2.98. The molecule has 1 unspecified atom stereocenters. The molecule has 0 spiro atoms. The molecule has 1 aliphatic rings. The Morgan fingerprint density at radius 3 is 2.75 bits per heavy atom. The van der Waals surface area contributed by atoms with Gasteiger partial charge in [0.05, 0.1) is 5.25 Å². The Labute approximate surface area is 150 Å². The van der Waals surface area contributed by atoms with Gasteiger partial charge in [-0.15, -0.1) is 10.2 Å². The fraction of sp³-hybridized carbons (Fsp3) is 0.471. The molecule has 0 aliphatic carbocycles. The molecule has 24 heavy (non-hydrogen) atoms. The molecule has 1 aliphatic heterocycles. The van der Waals surface area contributed by atoms with Crippen LogP contribution in [-0.4, -0.2) is 39.3 Å². The van der Waals surface area contributed by atoms with Gasteiger partial charge < -0.3 is 10.2 Å². The van der Waals surface area contributed by atoms with Gasteiger partial charge in [-0.1, -0.05) is 40.8 Å². The second-order valence-electron chi connectivity index (χ2n) is 6.11. The van der Waals surface area contributed by atoms with Gasteiger partial charge in [-0.05, 0) is 45.2 Å². The minimum absolute atomic E-state index is 0.120. The van der Waals surface area contributed by atoms with Crippen LogP contribution in [0.15, 0.2) is 22.5 Å². The van der Waals surface area contributed by atoms with Gasteiger partial charge in [-0.3, -0.25) is 4.79 Å². The summed E-state index contributed by atoms with van der Waals surface area (Å²) in [4.78, 5) is 14.3. The third kappa shape index (κ3) is 4.08. The van der Waals surface area contributed by atoms with Crippen LogP contribution in [0, 0.1) is 13.8 Å². The molecule has 0 radical (unpaired) electrons. The van der Waals surface area contributed by atoms with Crippen LogP contribution >= 0.6 is 23.1 Å². The first-order chi connectivity index (χ1) is 11.5. The van der Waals surface area contributed by atoms with Gasteiger partial charge in [-0.25, -0.2) is 0 Å². The SMILES string of the molecule is Cc1ccc(Nc2nnc(SC(C)C(=O)N3CCCC3)s2)c(C)c1. The maximum Gasteiger partial charge on any atom is 0.235 e. The number of aromatic nitrogens is 2. The maximum atomic E-state index is 12.4. The highest BCUT2D eigenvalue weighted by Crippen LogP contribution is 2.32. The van der Waals surface area contributed by atoms with Crippen molar-refractivity contribution in [3.05, 3.63) is 29.3 Å². The summed E-state index contributed by atoms with van der Waals surface area (Å²) in [7, 11) is 0. The van der Waals surface area contributed by atoms with Crippen LogP contribution in [0.5, 0.6) is 0 Å². The van der Waals surface area contributed by atoms with Crippen molar-refractivity contribution in [3.8, 4) is 0 Å². The number of nitrogens with one attached hydrogen (secondary N) is 1.